The van der Waals surface area contributed by atoms with Gasteiger partial charge in [0.1, 0.15) is 0 Å². The van der Waals surface area contributed by atoms with Crippen molar-refractivity contribution in [1.29, 1.82) is 0 Å². The summed E-state index contributed by atoms with van der Waals surface area (Å²) in [5.41, 5.74) is 2.95. The van der Waals surface area contributed by atoms with Crippen LogP contribution in [0.5, 0.6) is 0 Å². The number of hydrazine groups is 1. The highest BCUT2D eigenvalue weighted by Crippen LogP contribution is 2.17. The number of fused-ring (bicyclic) bond motifs is 1. The molecule has 3 N–H and O–H groups in total. The van der Waals surface area contributed by atoms with E-state index in [1.165, 1.54) is 32.8 Å². The fourth-order valence-corrected chi connectivity index (χ4v) is 2.69. The van der Waals surface area contributed by atoms with Crippen molar-refractivity contribution in [2.75, 3.05) is 0 Å². The minimum Gasteiger partial charge on any atom is -0.289 e. The molecule has 9 heteroatoms. The molecule has 0 radical (unpaired) electrons. The van der Waals surface area contributed by atoms with Gasteiger partial charge in [-0.25, -0.2) is 19.7 Å². The lowest BCUT2D eigenvalue weighted by Gasteiger charge is -2.01. The first-order valence-corrected chi connectivity index (χ1v) is 6.55. The number of carbonyl (C=O) groups is 1. The molecule has 1 amide bonds. The molecule has 3 aromatic rings. The number of rotatable bonds is 3. The Kier molecular flexibility index (Phi) is 3.05. The van der Waals surface area contributed by atoms with Crippen molar-refractivity contribution < 1.29 is 4.79 Å². The lowest BCUT2D eigenvalue weighted by molar-refractivity contribution is 0.0956. The number of nitrogen functional groups attached to an aromatic ring is 1. The number of nitrogens with one attached hydrogen (secondary N) is 1. The molecular formula is C11H10N6O2S. The van der Waals surface area contributed by atoms with Crippen LogP contribution < -0.4 is 17.0 Å². The molecule has 0 bridgehead atoms. The van der Waals surface area contributed by atoms with Crippen molar-refractivity contribution in [2.45, 2.75) is 6.54 Å². The lowest BCUT2D eigenvalue weighted by Crippen LogP contribution is -2.30. The molecule has 0 fully saturated rings. The third kappa shape index (κ3) is 1.98. The van der Waals surface area contributed by atoms with Crippen molar-refractivity contribution in [3.8, 4) is 0 Å². The molecule has 3 aromatic heterocycles. The van der Waals surface area contributed by atoms with Crippen LogP contribution in [0.25, 0.3) is 5.65 Å². The third-order valence-electron chi connectivity index (χ3n) is 2.79. The van der Waals surface area contributed by atoms with Crippen LogP contribution in [0.1, 0.15) is 15.2 Å². The van der Waals surface area contributed by atoms with E-state index in [4.69, 9.17) is 5.84 Å². The topological polar surface area (TPSA) is 107 Å². The maximum Gasteiger partial charge on any atom is 0.350 e. The summed E-state index contributed by atoms with van der Waals surface area (Å²) in [6.45, 7) is 0.201. The molecule has 0 aliphatic carbocycles. The molecular weight excluding hydrogens is 280 g/mol. The van der Waals surface area contributed by atoms with Gasteiger partial charge in [0.25, 0.3) is 5.91 Å². The molecule has 0 aromatic carbocycles. The van der Waals surface area contributed by atoms with Gasteiger partial charge < -0.3 is 0 Å². The SMILES string of the molecule is NNC(=O)c1sccc1Cn1nc2cnccn2c1=O. The Morgan fingerprint density at radius 3 is 3.10 bits per heavy atom. The minimum absolute atomic E-state index is 0.201. The second kappa shape index (κ2) is 4.87. The first kappa shape index (κ1) is 12.5. The minimum atomic E-state index is -0.381. The number of hydrogen-bond acceptors (Lipinski definition) is 6. The zero-order valence-corrected chi connectivity index (χ0v) is 11.0. The molecule has 0 spiro atoms. The molecule has 0 saturated heterocycles. The van der Waals surface area contributed by atoms with Crippen LogP contribution in [0.15, 0.2) is 34.8 Å². The average molecular weight is 290 g/mol. The van der Waals surface area contributed by atoms with Gasteiger partial charge in [-0.1, -0.05) is 0 Å². The van der Waals surface area contributed by atoms with Gasteiger partial charge in [0, 0.05) is 12.4 Å². The zero-order chi connectivity index (χ0) is 14.1. The highest BCUT2D eigenvalue weighted by Gasteiger charge is 2.14. The van der Waals surface area contributed by atoms with E-state index in [2.05, 4.69) is 15.5 Å². The first-order valence-electron chi connectivity index (χ1n) is 5.67. The Bertz CT molecular complexity index is 833. The van der Waals surface area contributed by atoms with E-state index in [0.29, 0.717) is 16.1 Å². The number of amides is 1. The number of hydrogen-bond donors (Lipinski definition) is 2. The van der Waals surface area contributed by atoms with Gasteiger partial charge in [0.15, 0.2) is 5.65 Å². The molecule has 3 heterocycles. The molecule has 3 rings (SSSR count). The second-order valence-corrected chi connectivity index (χ2v) is 4.91. The summed E-state index contributed by atoms with van der Waals surface area (Å²) in [5.74, 6) is 4.75. The van der Waals surface area contributed by atoms with E-state index >= 15 is 0 Å². The number of nitrogens with zero attached hydrogens (tertiary/aromatic N) is 4. The maximum absolute atomic E-state index is 12.1. The van der Waals surface area contributed by atoms with Crippen molar-refractivity contribution >= 4 is 22.9 Å². The van der Waals surface area contributed by atoms with Crippen molar-refractivity contribution in [3.05, 3.63) is 51.0 Å². The predicted molar refractivity (Wildman–Crippen MR) is 72.3 cm³/mol. The Morgan fingerprint density at radius 2 is 2.35 bits per heavy atom. The fourth-order valence-electron chi connectivity index (χ4n) is 1.87. The second-order valence-electron chi connectivity index (χ2n) is 3.99. The van der Waals surface area contributed by atoms with Gasteiger partial charge in [0.2, 0.25) is 0 Å². The van der Waals surface area contributed by atoms with Crippen LogP contribution in [0.3, 0.4) is 0 Å². The molecule has 0 saturated carbocycles. The highest BCUT2D eigenvalue weighted by molar-refractivity contribution is 7.12. The van der Waals surface area contributed by atoms with Gasteiger partial charge >= 0.3 is 5.69 Å². The maximum atomic E-state index is 12.1. The quantitative estimate of drug-likeness (QED) is 0.388. The number of thiophene rings is 1. The molecule has 0 atom stereocenters. The van der Waals surface area contributed by atoms with Crippen molar-refractivity contribution in [2.24, 2.45) is 5.84 Å². The van der Waals surface area contributed by atoms with E-state index in [0.717, 1.165) is 0 Å². The molecule has 0 aliphatic heterocycles. The van der Waals surface area contributed by atoms with Crippen LogP contribution in [0, 0.1) is 0 Å². The van der Waals surface area contributed by atoms with Crippen LogP contribution in [-0.2, 0) is 6.54 Å². The van der Waals surface area contributed by atoms with Crippen molar-refractivity contribution in [1.82, 2.24) is 24.6 Å². The summed E-state index contributed by atoms with van der Waals surface area (Å²) < 4.78 is 2.68. The lowest BCUT2D eigenvalue weighted by atomic mass is 10.2. The smallest absolute Gasteiger partial charge is 0.289 e. The molecule has 102 valence electrons. The Labute approximate surface area is 116 Å². The summed E-state index contributed by atoms with van der Waals surface area (Å²) in [4.78, 5) is 28.1. The molecule has 8 nitrogen and oxygen atoms in total. The van der Waals surface area contributed by atoms with E-state index < -0.39 is 0 Å². The Hall–Kier alpha value is -2.52. The van der Waals surface area contributed by atoms with Gasteiger partial charge in [-0.2, -0.15) is 0 Å². The predicted octanol–water partition coefficient (Wildman–Crippen LogP) is -0.396. The van der Waals surface area contributed by atoms with E-state index in [-0.39, 0.29) is 18.1 Å². The molecule has 0 aliphatic rings. The van der Waals surface area contributed by atoms with Crippen LogP contribution in [-0.4, -0.2) is 25.1 Å². The highest BCUT2D eigenvalue weighted by atomic mass is 32.1. The van der Waals surface area contributed by atoms with Gasteiger partial charge in [-0.15, -0.1) is 16.4 Å². The van der Waals surface area contributed by atoms with Gasteiger partial charge in [-0.3, -0.25) is 15.2 Å². The number of aromatic nitrogens is 4. The summed E-state index contributed by atoms with van der Waals surface area (Å²) in [6, 6.07) is 1.77. The van der Waals surface area contributed by atoms with E-state index in [9.17, 15) is 9.59 Å². The van der Waals surface area contributed by atoms with Crippen molar-refractivity contribution in [3.63, 3.8) is 0 Å². The summed E-state index contributed by atoms with van der Waals surface area (Å²) in [7, 11) is 0. The standard InChI is InChI=1S/C11H10N6O2S/c12-14-10(18)9-7(1-4-20-9)6-17-11(19)16-3-2-13-5-8(16)15-17/h1-5H,6,12H2,(H,14,18). The van der Waals surface area contributed by atoms with Crippen LogP contribution in [0.4, 0.5) is 0 Å². The van der Waals surface area contributed by atoms with Gasteiger partial charge in [-0.05, 0) is 17.0 Å². The molecule has 20 heavy (non-hydrogen) atoms. The summed E-state index contributed by atoms with van der Waals surface area (Å²) in [6.07, 6.45) is 4.56. The molecule has 0 unspecified atom stereocenters. The monoisotopic (exact) mass is 290 g/mol. The zero-order valence-electron chi connectivity index (χ0n) is 10.2. The first-order chi connectivity index (χ1) is 9.70. The van der Waals surface area contributed by atoms with Crippen LogP contribution in [0.2, 0.25) is 0 Å². The van der Waals surface area contributed by atoms with Gasteiger partial charge in [0.05, 0.1) is 17.6 Å². The summed E-state index contributed by atoms with van der Waals surface area (Å²) in [5, 5.41) is 5.93. The van der Waals surface area contributed by atoms with E-state index in [1.54, 1.807) is 17.6 Å². The van der Waals surface area contributed by atoms with Crippen LogP contribution >= 0.6 is 11.3 Å². The normalized spacial score (nSPS) is 10.8. The third-order valence-corrected chi connectivity index (χ3v) is 3.75. The Balaban J connectivity index is 2.02. The van der Waals surface area contributed by atoms with E-state index in [1.807, 2.05) is 0 Å². The largest absolute Gasteiger partial charge is 0.350 e. The Morgan fingerprint density at radius 1 is 1.50 bits per heavy atom. The number of carbonyl (C=O) groups excluding carboxylic acids is 1. The number of nitrogens with two attached hydrogens (primary N) is 1. The fraction of sp³-hybridized carbons (Fsp3) is 0.0909. The average Bonchev–Trinajstić information content (AvgIpc) is 3.05. The summed E-state index contributed by atoms with van der Waals surface area (Å²) >= 11 is 1.26.